The molecule has 0 aromatic heterocycles. The molecule has 0 radical (unpaired) electrons. The van der Waals surface area contributed by atoms with Crippen LogP contribution in [0.15, 0.2) is 0 Å². The molecule has 0 unspecified atom stereocenters. The van der Waals surface area contributed by atoms with Crippen LogP contribution < -0.4 is 0 Å². The van der Waals surface area contributed by atoms with E-state index in [0.717, 1.165) is 14.2 Å². The van der Waals surface area contributed by atoms with Gasteiger partial charge < -0.3 is 0 Å². The molecule has 0 fully saturated rings. The first-order chi connectivity index (χ1) is 4.85. The Labute approximate surface area is 66.8 Å². The molecule has 0 amide bonds. The second-order valence-corrected chi connectivity index (χ2v) is 2.92. The Balaban J connectivity index is 0. The van der Waals surface area contributed by atoms with Gasteiger partial charge in [-0.1, -0.05) is 0 Å². The van der Waals surface area contributed by atoms with E-state index in [2.05, 4.69) is 8.37 Å². The molecule has 70 valence electrons. The quantitative estimate of drug-likeness (QED) is 0.572. The zero-order valence-electron chi connectivity index (χ0n) is 5.75. The van der Waals surface area contributed by atoms with Crippen LogP contribution in [0.5, 0.6) is 0 Å². The molecule has 0 atom stereocenters. The molecule has 0 bridgehead atoms. The lowest BCUT2D eigenvalue weighted by molar-refractivity contribution is 0.286. The molecule has 0 aromatic rings. The zero-order valence-corrected chi connectivity index (χ0v) is 7.39. The maximum atomic E-state index is 9.92. The second-order valence-electron chi connectivity index (χ2n) is 0.972. The summed E-state index contributed by atoms with van der Waals surface area (Å²) in [5.41, 5.74) is 0. The van der Waals surface area contributed by atoms with Crippen molar-refractivity contribution in [2.45, 2.75) is 0 Å². The van der Waals surface area contributed by atoms with Gasteiger partial charge in [0, 0.05) is 0 Å². The van der Waals surface area contributed by atoms with E-state index in [1.54, 1.807) is 0 Å². The van der Waals surface area contributed by atoms with Crippen molar-refractivity contribution in [1.82, 2.24) is 0 Å². The Kier molecular flexibility index (Phi) is 8.16. The molecule has 0 aromatic carbocycles. The highest BCUT2D eigenvalue weighted by atomic mass is 32.3. The van der Waals surface area contributed by atoms with Crippen molar-refractivity contribution in [2.24, 2.45) is 0 Å². The van der Waals surface area contributed by atoms with Crippen molar-refractivity contribution < 1.29 is 30.1 Å². The lowest BCUT2D eigenvalue weighted by atomic mass is 11.8. The van der Waals surface area contributed by atoms with Crippen LogP contribution >= 0.6 is 0 Å². The first-order valence-electron chi connectivity index (χ1n) is 2.01. The Bertz CT molecular complexity index is 178. The highest BCUT2D eigenvalue weighted by Crippen LogP contribution is 1.85. The molecule has 0 saturated carbocycles. The summed E-state index contributed by atoms with van der Waals surface area (Å²) in [7, 11) is -1.60. The smallest absolute Gasteiger partial charge is 0.284 e. The first kappa shape index (κ1) is 13.5. The molecule has 9 heteroatoms. The van der Waals surface area contributed by atoms with E-state index >= 15 is 0 Å². The highest BCUT2D eigenvalue weighted by Gasteiger charge is 2.01. The van der Waals surface area contributed by atoms with E-state index in [-0.39, 0.29) is 0 Å². The summed E-state index contributed by atoms with van der Waals surface area (Å²) >= 11 is -2.61. The lowest BCUT2D eigenvalue weighted by Crippen LogP contribution is -2.02. The molecule has 0 aliphatic carbocycles. The van der Waals surface area contributed by atoms with Gasteiger partial charge in [-0.25, -0.2) is 0 Å². The lowest BCUT2D eigenvalue weighted by Gasteiger charge is -1.91. The summed E-state index contributed by atoms with van der Waals surface area (Å²) in [5, 5.41) is 0. The zero-order chi connectivity index (χ0) is 9.49. The van der Waals surface area contributed by atoms with Crippen LogP contribution in [0.25, 0.3) is 0 Å². The predicted molar refractivity (Wildman–Crippen MR) is 36.3 cm³/mol. The molecule has 0 saturated heterocycles. The molecule has 0 rings (SSSR count). The van der Waals surface area contributed by atoms with Gasteiger partial charge in [-0.3, -0.25) is 17.5 Å². The van der Waals surface area contributed by atoms with Gasteiger partial charge in [0.1, 0.15) is 0 Å². The topological polar surface area (TPSA) is 110 Å². The van der Waals surface area contributed by atoms with Crippen LogP contribution in [0, 0.1) is 0 Å². The van der Waals surface area contributed by atoms with Crippen molar-refractivity contribution in [3.63, 3.8) is 0 Å². The maximum absolute atomic E-state index is 9.92. The van der Waals surface area contributed by atoms with Gasteiger partial charge in [0.15, 0.2) is 0 Å². The van der Waals surface area contributed by atoms with Gasteiger partial charge in [-0.05, 0) is 0 Å². The predicted octanol–water partition coefficient (Wildman–Crippen LogP) is -0.795. The second kappa shape index (κ2) is 6.64. The van der Waals surface area contributed by atoms with Crippen molar-refractivity contribution >= 4 is 21.8 Å². The van der Waals surface area contributed by atoms with Gasteiger partial charge in [-0.15, -0.1) is 0 Å². The third kappa shape index (κ3) is 17.8. The van der Waals surface area contributed by atoms with Gasteiger partial charge >= 0.3 is 10.4 Å². The molecular weight excluding hydrogens is 200 g/mol. The Hall–Kier alpha value is -0.0600. The summed E-state index contributed by atoms with van der Waals surface area (Å²) in [6.07, 6.45) is 0. The van der Waals surface area contributed by atoms with Gasteiger partial charge in [0.2, 0.25) is 0 Å². The summed E-state index contributed by atoms with van der Waals surface area (Å²) < 4.78 is 50.4. The molecule has 7 nitrogen and oxygen atoms in total. The highest BCUT2D eigenvalue weighted by molar-refractivity contribution is 7.81. The fourth-order valence-electron chi connectivity index (χ4n) is 0.0680. The van der Waals surface area contributed by atoms with Crippen molar-refractivity contribution in [2.75, 3.05) is 14.2 Å². The van der Waals surface area contributed by atoms with E-state index in [9.17, 15) is 8.42 Å². The maximum Gasteiger partial charge on any atom is 0.399 e. The molecule has 0 heterocycles. The fraction of sp³-hybridized carbons (Fsp3) is 1.00. The molecule has 0 aliphatic heterocycles. The number of rotatable bonds is 2. The van der Waals surface area contributed by atoms with E-state index < -0.39 is 21.8 Å². The monoisotopic (exact) mass is 208 g/mol. The van der Waals surface area contributed by atoms with Crippen LogP contribution in [-0.4, -0.2) is 36.0 Å². The van der Waals surface area contributed by atoms with Gasteiger partial charge in [-0.2, -0.15) is 12.6 Å². The Morgan fingerprint density at radius 3 is 1.36 bits per heavy atom. The average molecular weight is 208 g/mol. The Morgan fingerprint density at radius 2 is 1.36 bits per heavy atom. The van der Waals surface area contributed by atoms with E-state index in [4.69, 9.17) is 13.3 Å². The minimum absolute atomic E-state index is 1.03. The van der Waals surface area contributed by atoms with Crippen molar-refractivity contribution in [3.8, 4) is 0 Å². The van der Waals surface area contributed by atoms with Crippen LogP contribution in [-0.2, 0) is 30.1 Å². The van der Waals surface area contributed by atoms with Crippen molar-refractivity contribution in [3.05, 3.63) is 0 Å². The third-order valence-corrected chi connectivity index (χ3v) is 1.22. The van der Waals surface area contributed by atoms with E-state index in [1.807, 2.05) is 0 Å². The van der Waals surface area contributed by atoms with Gasteiger partial charge in [0.25, 0.3) is 11.4 Å². The largest absolute Gasteiger partial charge is 0.399 e. The normalized spacial score (nSPS) is 10.6. The molecule has 0 aliphatic rings. The molecular formula is C2H8O7S2. The SMILES string of the molecule is COS(=O)(=O)OC.O=S(O)O. The summed E-state index contributed by atoms with van der Waals surface area (Å²) in [6.45, 7) is 0. The minimum atomic E-state index is -3.66. The minimum Gasteiger partial charge on any atom is -0.284 e. The third-order valence-electron chi connectivity index (χ3n) is 0.408. The average Bonchev–Trinajstić information content (AvgIpc) is 1.87. The number of hydrogen-bond acceptors (Lipinski definition) is 5. The Morgan fingerprint density at radius 1 is 1.18 bits per heavy atom. The van der Waals surface area contributed by atoms with Crippen molar-refractivity contribution in [1.29, 1.82) is 0 Å². The molecule has 2 N–H and O–H groups in total. The van der Waals surface area contributed by atoms with Crippen LogP contribution in [0.1, 0.15) is 0 Å². The van der Waals surface area contributed by atoms with Crippen LogP contribution in [0.3, 0.4) is 0 Å². The van der Waals surface area contributed by atoms with Gasteiger partial charge in [0.05, 0.1) is 14.2 Å². The van der Waals surface area contributed by atoms with E-state index in [0.29, 0.717) is 0 Å². The first-order valence-corrected chi connectivity index (χ1v) is 4.41. The van der Waals surface area contributed by atoms with Crippen LogP contribution in [0.4, 0.5) is 0 Å². The summed E-state index contributed by atoms with van der Waals surface area (Å²) in [4.78, 5) is 0. The summed E-state index contributed by atoms with van der Waals surface area (Å²) in [5.74, 6) is 0. The molecule has 0 spiro atoms. The van der Waals surface area contributed by atoms with Crippen LogP contribution in [0.2, 0.25) is 0 Å². The molecule has 11 heavy (non-hydrogen) atoms. The standard InChI is InChI=1S/C2H6O4S.H2O3S/c1-5-7(3,4)6-2;1-4(2)3/h1-2H3;(H2,1,2,3). The number of hydrogen-bond donors (Lipinski definition) is 2. The fourth-order valence-corrected chi connectivity index (χ4v) is 0.204. The summed E-state index contributed by atoms with van der Waals surface area (Å²) in [6, 6.07) is 0. The van der Waals surface area contributed by atoms with E-state index in [1.165, 1.54) is 0 Å².